The summed E-state index contributed by atoms with van der Waals surface area (Å²) in [7, 11) is 1.68. The van der Waals surface area contributed by atoms with Crippen LogP contribution < -0.4 is 0 Å². The van der Waals surface area contributed by atoms with Crippen molar-refractivity contribution in [3.8, 4) is 0 Å². The van der Waals surface area contributed by atoms with Crippen molar-refractivity contribution in [2.75, 3.05) is 33.4 Å². The fourth-order valence-electron chi connectivity index (χ4n) is 2.04. The molecule has 1 heterocycles. The molecule has 0 bridgehead atoms. The average Bonchev–Trinajstić information content (AvgIpc) is 2.07. The molecule has 0 aromatic carbocycles. The lowest BCUT2D eigenvalue weighted by molar-refractivity contribution is -0.0428. The van der Waals surface area contributed by atoms with Gasteiger partial charge in [0.2, 0.25) is 0 Å². The van der Waals surface area contributed by atoms with E-state index in [9.17, 15) is 5.11 Å². The molecule has 3 nitrogen and oxygen atoms in total. The molecule has 90 valence electrons. The summed E-state index contributed by atoms with van der Waals surface area (Å²) < 4.78 is 4.99. The smallest absolute Gasteiger partial charge is 0.0768 e. The van der Waals surface area contributed by atoms with Gasteiger partial charge in [-0.15, -0.1) is 0 Å². The van der Waals surface area contributed by atoms with E-state index in [4.69, 9.17) is 4.74 Å². The summed E-state index contributed by atoms with van der Waals surface area (Å²) in [6, 6.07) is 0. The highest BCUT2D eigenvalue weighted by atomic mass is 16.5. The van der Waals surface area contributed by atoms with Crippen molar-refractivity contribution in [1.29, 1.82) is 0 Å². The molecule has 0 amide bonds. The molecule has 15 heavy (non-hydrogen) atoms. The van der Waals surface area contributed by atoms with E-state index < -0.39 is 5.60 Å². The maximum atomic E-state index is 10.1. The first-order valence-corrected chi connectivity index (χ1v) is 5.88. The molecule has 0 aromatic heterocycles. The molecule has 1 aliphatic rings. The summed E-state index contributed by atoms with van der Waals surface area (Å²) in [5.74, 6) is 1.59. The van der Waals surface area contributed by atoms with Crippen molar-refractivity contribution in [1.82, 2.24) is 4.90 Å². The summed E-state index contributed by atoms with van der Waals surface area (Å²) in [5.41, 5.74) is -0.599. The van der Waals surface area contributed by atoms with Crippen molar-refractivity contribution >= 4 is 0 Å². The van der Waals surface area contributed by atoms with Crippen LogP contribution in [-0.2, 0) is 4.74 Å². The summed E-state index contributed by atoms with van der Waals surface area (Å²) >= 11 is 0. The molecule has 0 spiro atoms. The second kappa shape index (κ2) is 5.28. The number of nitrogens with zero attached hydrogens (tertiary/aromatic N) is 1. The van der Waals surface area contributed by atoms with Crippen LogP contribution in [0.2, 0.25) is 0 Å². The summed E-state index contributed by atoms with van der Waals surface area (Å²) in [6.45, 7) is 10.1. The Morgan fingerprint density at radius 1 is 1.47 bits per heavy atom. The van der Waals surface area contributed by atoms with Crippen molar-refractivity contribution in [3.05, 3.63) is 0 Å². The molecule has 1 aliphatic heterocycles. The van der Waals surface area contributed by atoms with Gasteiger partial charge in [-0.3, -0.25) is 4.90 Å². The van der Waals surface area contributed by atoms with Crippen LogP contribution in [0, 0.1) is 11.8 Å². The summed E-state index contributed by atoms with van der Waals surface area (Å²) in [4.78, 5) is 2.33. The van der Waals surface area contributed by atoms with Gasteiger partial charge in [-0.25, -0.2) is 0 Å². The first-order chi connectivity index (χ1) is 6.94. The van der Waals surface area contributed by atoms with E-state index in [-0.39, 0.29) is 0 Å². The van der Waals surface area contributed by atoms with Crippen LogP contribution >= 0.6 is 0 Å². The number of hydrogen-bond acceptors (Lipinski definition) is 3. The Balaban J connectivity index is 2.20. The lowest BCUT2D eigenvalue weighted by atomic mass is 9.87. The largest absolute Gasteiger partial charge is 0.389 e. The third-order valence-electron chi connectivity index (χ3n) is 3.34. The molecule has 1 fully saturated rings. The first-order valence-electron chi connectivity index (χ1n) is 5.88. The van der Waals surface area contributed by atoms with Gasteiger partial charge in [-0.2, -0.15) is 0 Å². The second-order valence-electron chi connectivity index (χ2n) is 5.44. The van der Waals surface area contributed by atoms with E-state index in [2.05, 4.69) is 18.7 Å². The molecule has 1 unspecified atom stereocenters. The highest BCUT2D eigenvalue weighted by Gasteiger charge is 2.33. The normalized spacial score (nSPS) is 22.8. The van der Waals surface area contributed by atoms with E-state index in [1.807, 2.05) is 6.92 Å². The Morgan fingerprint density at radius 3 is 2.53 bits per heavy atom. The van der Waals surface area contributed by atoms with Gasteiger partial charge in [0.1, 0.15) is 0 Å². The van der Waals surface area contributed by atoms with Crippen molar-refractivity contribution in [3.63, 3.8) is 0 Å². The zero-order chi connectivity index (χ0) is 11.5. The van der Waals surface area contributed by atoms with E-state index >= 15 is 0 Å². The van der Waals surface area contributed by atoms with Gasteiger partial charge in [-0.1, -0.05) is 13.8 Å². The van der Waals surface area contributed by atoms with Gasteiger partial charge in [0.15, 0.2) is 0 Å². The van der Waals surface area contributed by atoms with Gasteiger partial charge in [-0.05, 0) is 18.8 Å². The quantitative estimate of drug-likeness (QED) is 0.726. The van der Waals surface area contributed by atoms with Crippen molar-refractivity contribution in [2.24, 2.45) is 11.8 Å². The molecule has 1 atom stereocenters. The average molecular weight is 215 g/mol. The number of methoxy groups -OCH3 is 1. The van der Waals surface area contributed by atoms with E-state index in [0.29, 0.717) is 13.0 Å². The van der Waals surface area contributed by atoms with Crippen LogP contribution in [0.3, 0.4) is 0 Å². The number of likely N-dealkylation sites (tertiary alicyclic amines) is 1. The lowest BCUT2D eigenvalue weighted by Crippen LogP contribution is -2.54. The predicted octanol–water partition coefficient (Wildman–Crippen LogP) is 1.36. The van der Waals surface area contributed by atoms with E-state index in [1.54, 1.807) is 7.11 Å². The molecule has 3 heteroatoms. The van der Waals surface area contributed by atoms with Gasteiger partial charge < -0.3 is 9.84 Å². The maximum Gasteiger partial charge on any atom is 0.0768 e. The number of β-amino-alcohol motifs (C(OH)–C–C–N with tert-alkyl or cyclic N) is 1. The van der Waals surface area contributed by atoms with Crippen LogP contribution in [0.4, 0.5) is 0 Å². The van der Waals surface area contributed by atoms with E-state index in [0.717, 1.165) is 31.5 Å². The molecule has 1 saturated heterocycles. The van der Waals surface area contributed by atoms with Gasteiger partial charge >= 0.3 is 0 Å². The minimum atomic E-state index is -0.599. The van der Waals surface area contributed by atoms with Crippen molar-refractivity contribution < 1.29 is 9.84 Å². The zero-order valence-corrected chi connectivity index (χ0v) is 10.5. The summed E-state index contributed by atoms with van der Waals surface area (Å²) in [6.07, 6.45) is 0.715. The zero-order valence-electron chi connectivity index (χ0n) is 10.5. The van der Waals surface area contributed by atoms with Crippen LogP contribution in [0.15, 0.2) is 0 Å². The molecule has 0 saturated carbocycles. The van der Waals surface area contributed by atoms with Gasteiger partial charge in [0.25, 0.3) is 0 Å². The monoisotopic (exact) mass is 215 g/mol. The predicted molar refractivity (Wildman–Crippen MR) is 61.9 cm³/mol. The molecule has 0 aliphatic carbocycles. The lowest BCUT2D eigenvalue weighted by Gasteiger charge is -2.44. The molecular formula is C12H25NO2. The number of rotatable bonds is 6. The Bertz CT molecular complexity index is 186. The standard InChI is InChI=1S/C12H25NO2/c1-10(2)11-7-13(8-11)9-12(3,14)5-6-15-4/h10-11,14H,5-9H2,1-4H3. The third kappa shape index (κ3) is 4.09. The number of ether oxygens (including phenoxy) is 1. The third-order valence-corrected chi connectivity index (χ3v) is 3.34. The maximum absolute atomic E-state index is 10.1. The van der Waals surface area contributed by atoms with Crippen LogP contribution in [0.5, 0.6) is 0 Å². The Hall–Kier alpha value is -0.120. The Kier molecular flexibility index (Phi) is 4.56. The fourth-order valence-corrected chi connectivity index (χ4v) is 2.04. The summed E-state index contributed by atoms with van der Waals surface area (Å²) in [5, 5.41) is 10.1. The topological polar surface area (TPSA) is 32.7 Å². The Labute approximate surface area is 93.4 Å². The van der Waals surface area contributed by atoms with E-state index in [1.165, 1.54) is 0 Å². The van der Waals surface area contributed by atoms with Crippen LogP contribution in [-0.4, -0.2) is 49.0 Å². The molecular weight excluding hydrogens is 190 g/mol. The number of aliphatic hydroxyl groups is 1. The number of hydrogen-bond donors (Lipinski definition) is 1. The molecule has 0 radical (unpaired) electrons. The second-order valence-corrected chi connectivity index (χ2v) is 5.44. The first kappa shape index (κ1) is 12.9. The van der Waals surface area contributed by atoms with Crippen molar-refractivity contribution in [2.45, 2.75) is 32.8 Å². The molecule has 0 aromatic rings. The van der Waals surface area contributed by atoms with Gasteiger partial charge in [0, 0.05) is 39.8 Å². The van der Waals surface area contributed by atoms with Crippen LogP contribution in [0.1, 0.15) is 27.2 Å². The van der Waals surface area contributed by atoms with Crippen LogP contribution in [0.25, 0.3) is 0 Å². The van der Waals surface area contributed by atoms with Gasteiger partial charge in [0.05, 0.1) is 5.60 Å². The molecule has 1 rings (SSSR count). The molecule has 1 N–H and O–H groups in total. The minimum absolute atomic E-state index is 0.599. The highest BCUT2D eigenvalue weighted by Crippen LogP contribution is 2.25. The highest BCUT2D eigenvalue weighted by molar-refractivity contribution is 4.87. The SMILES string of the molecule is COCCC(C)(O)CN1CC(C(C)C)C1. The fraction of sp³-hybridized carbons (Fsp3) is 1.00. The minimum Gasteiger partial charge on any atom is -0.389 e. The Morgan fingerprint density at radius 2 is 2.07 bits per heavy atom.